The van der Waals surface area contributed by atoms with E-state index in [9.17, 15) is 9.59 Å². The van der Waals surface area contributed by atoms with Gasteiger partial charge in [0.2, 0.25) is 0 Å². The molecule has 1 atom stereocenters. The molecule has 0 fully saturated rings. The number of carbonyl (C=O) groups is 1. The highest BCUT2D eigenvalue weighted by atomic mass is 16.2. The summed E-state index contributed by atoms with van der Waals surface area (Å²) >= 11 is 0. The lowest BCUT2D eigenvalue weighted by Gasteiger charge is -2.19. The van der Waals surface area contributed by atoms with Crippen molar-refractivity contribution in [3.8, 4) is 0 Å². The average molecular weight is 394 g/mol. The molecule has 3 N–H and O–H groups in total. The van der Waals surface area contributed by atoms with Crippen molar-refractivity contribution >= 4 is 22.5 Å². The van der Waals surface area contributed by atoms with Crippen LogP contribution < -0.4 is 15.8 Å². The molecule has 152 valence electrons. The fourth-order valence-corrected chi connectivity index (χ4v) is 3.58. The second-order valence-electron chi connectivity index (χ2n) is 7.19. The molecule has 6 nitrogen and oxygen atoms in total. The molecule has 3 aromatic rings. The van der Waals surface area contributed by atoms with Crippen molar-refractivity contribution in [2.75, 3.05) is 18.4 Å². The zero-order chi connectivity index (χ0) is 20.8. The molecule has 0 aliphatic rings. The Bertz CT molecular complexity index is 1040. The number of amides is 1. The van der Waals surface area contributed by atoms with Crippen molar-refractivity contribution in [3.05, 3.63) is 69.8 Å². The Labute approximate surface area is 171 Å². The number of H-pyrrole nitrogens is 1. The summed E-state index contributed by atoms with van der Waals surface area (Å²) in [4.78, 5) is 33.5. The van der Waals surface area contributed by atoms with Crippen molar-refractivity contribution in [3.63, 3.8) is 0 Å². The first-order valence-electron chi connectivity index (χ1n) is 10.3. The largest absolute Gasteiger partial charge is 0.321 e. The molecule has 2 aromatic carbocycles. The minimum atomic E-state index is -0.144. The normalized spacial score (nSPS) is 12.1. The van der Waals surface area contributed by atoms with Crippen LogP contribution in [0.15, 0.2) is 47.3 Å². The van der Waals surface area contributed by atoms with Crippen LogP contribution in [0.3, 0.4) is 0 Å². The van der Waals surface area contributed by atoms with E-state index in [4.69, 9.17) is 0 Å². The maximum absolute atomic E-state index is 12.8. The topological polar surface area (TPSA) is 79.3 Å². The summed E-state index contributed by atoms with van der Waals surface area (Å²) in [6.07, 6.45) is 1.74. The van der Waals surface area contributed by atoms with Gasteiger partial charge in [0.25, 0.3) is 11.5 Å². The van der Waals surface area contributed by atoms with E-state index in [-0.39, 0.29) is 11.5 Å². The van der Waals surface area contributed by atoms with Gasteiger partial charge in [-0.2, -0.15) is 0 Å². The number of quaternary nitrogens is 1. The lowest BCUT2D eigenvalue weighted by molar-refractivity contribution is -0.904. The molecule has 3 rings (SSSR count). The molecule has 0 spiro atoms. The van der Waals surface area contributed by atoms with E-state index in [1.807, 2.05) is 31.2 Å². The summed E-state index contributed by atoms with van der Waals surface area (Å²) in [6.45, 7) is 7.76. The van der Waals surface area contributed by atoms with Crippen LogP contribution in [0.4, 0.5) is 5.69 Å². The number of hydrogen-bond donors (Lipinski definition) is 3. The summed E-state index contributed by atoms with van der Waals surface area (Å²) in [5, 5.41) is 3.70. The van der Waals surface area contributed by atoms with Crippen LogP contribution in [0.2, 0.25) is 0 Å². The predicted octanol–water partition coefficient (Wildman–Crippen LogP) is 2.09. The van der Waals surface area contributed by atoms with E-state index in [0.717, 1.165) is 41.1 Å². The number of likely N-dealkylation sites (N-methyl/N-ethyl adjacent to an activating group) is 1. The molecule has 1 aromatic heterocycles. The molecule has 1 amide bonds. The fraction of sp³-hybridized carbons (Fsp3) is 0.348. The highest BCUT2D eigenvalue weighted by Gasteiger charge is 2.17. The van der Waals surface area contributed by atoms with E-state index in [0.29, 0.717) is 29.8 Å². The number of aryl methyl sites for hydroxylation is 2. The van der Waals surface area contributed by atoms with Crippen LogP contribution in [-0.4, -0.2) is 29.0 Å². The molecule has 0 aliphatic heterocycles. The standard InChI is InChI=1S/C23H28N4O2/c1-4-16-10-9-11-17(5-2)22(16)26-21(28)15-27(6-3)14-20-24-19-13-8-7-12-18(19)23(29)25-20/h7-13H,4-6,14-15H2,1-3H3,(H,26,28)(H,24,25,29)/p+1. The first-order valence-corrected chi connectivity index (χ1v) is 10.3. The molecule has 0 bridgehead atoms. The van der Waals surface area contributed by atoms with Crippen molar-refractivity contribution in [2.24, 2.45) is 0 Å². The molecule has 29 heavy (non-hydrogen) atoms. The third-order valence-electron chi connectivity index (χ3n) is 5.25. The Morgan fingerprint density at radius 3 is 2.38 bits per heavy atom. The SMILES string of the molecule is CCc1cccc(CC)c1NC(=O)C[NH+](CC)Cc1nc2ccccc2c(=O)[nH]1. The molecule has 0 saturated heterocycles. The average Bonchev–Trinajstić information content (AvgIpc) is 2.73. The maximum atomic E-state index is 12.8. The molecular weight excluding hydrogens is 364 g/mol. The third-order valence-corrected chi connectivity index (χ3v) is 5.25. The maximum Gasteiger partial charge on any atom is 0.279 e. The van der Waals surface area contributed by atoms with Crippen molar-refractivity contribution in [2.45, 2.75) is 40.2 Å². The third kappa shape index (κ3) is 4.90. The van der Waals surface area contributed by atoms with Gasteiger partial charge in [-0.3, -0.25) is 9.59 Å². The second kappa shape index (κ2) is 9.47. The van der Waals surface area contributed by atoms with Gasteiger partial charge in [-0.25, -0.2) is 4.98 Å². The van der Waals surface area contributed by atoms with E-state index < -0.39 is 0 Å². The van der Waals surface area contributed by atoms with Gasteiger partial charge >= 0.3 is 0 Å². The molecule has 1 unspecified atom stereocenters. The number of fused-ring (bicyclic) bond motifs is 1. The van der Waals surface area contributed by atoms with E-state index in [1.54, 1.807) is 6.07 Å². The molecular formula is C23H29N4O2+. The van der Waals surface area contributed by atoms with Gasteiger partial charge in [0, 0.05) is 5.69 Å². The first-order chi connectivity index (χ1) is 14.0. The van der Waals surface area contributed by atoms with Crippen LogP contribution in [0.5, 0.6) is 0 Å². The molecule has 6 heteroatoms. The van der Waals surface area contributed by atoms with E-state index in [2.05, 4.69) is 41.3 Å². The summed E-state index contributed by atoms with van der Waals surface area (Å²) in [5.41, 5.74) is 3.77. The van der Waals surface area contributed by atoms with Gasteiger partial charge in [0.05, 0.1) is 17.4 Å². The monoisotopic (exact) mass is 393 g/mol. The number of aromatic nitrogens is 2. The lowest BCUT2D eigenvalue weighted by atomic mass is 10.0. The van der Waals surface area contributed by atoms with Crippen molar-refractivity contribution in [1.82, 2.24) is 9.97 Å². The Morgan fingerprint density at radius 2 is 1.72 bits per heavy atom. The number of nitrogens with one attached hydrogen (secondary N) is 3. The molecule has 0 radical (unpaired) electrons. The highest BCUT2D eigenvalue weighted by molar-refractivity contribution is 5.93. The highest BCUT2D eigenvalue weighted by Crippen LogP contribution is 2.22. The van der Waals surface area contributed by atoms with Gasteiger partial charge < -0.3 is 15.2 Å². The van der Waals surface area contributed by atoms with E-state index in [1.165, 1.54) is 0 Å². The number of hydrogen-bond acceptors (Lipinski definition) is 3. The Hall–Kier alpha value is -2.99. The second-order valence-corrected chi connectivity index (χ2v) is 7.19. The zero-order valence-electron chi connectivity index (χ0n) is 17.3. The Morgan fingerprint density at radius 1 is 1.03 bits per heavy atom. The summed E-state index contributed by atoms with van der Waals surface area (Å²) in [6, 6.07) is 13.4. The Kier molecular flexibility index (Phi) is 6.77. The Balaban J connectivity index is 1.74. The van der Waals surface area contributed by atoms with Crippen molar-refractivity contribution in [1.29, 1.82) is 0 Å². The van der Waals surface area contributed by atoms with Gasteiger partial charge in [-0.1, -0.05) is 44.2 Å². The molecule has 1 heterocycles. The van der Waals surface area contributed by atoms with Gasteiger partial charge in [-0.15, -0.1) is 0 Å². The number of rotatable bonds is 8. The van der Waals surface area contributed by atoms with Crippen molar-refractivity contribution < 1.29 is 9.69 Å². The first kappa shape index (κ1) is 20.7. The molecule has 0 aliphatic carbocycles. The van der Waals surface area contributed by atoms with Gasteiger partial charge in [-0.05, 0) is 43.0 Å². The van der Waals surface area contributed by atoms with Crippen LogP contribution >= 0.6 is 0 Å². The van der Waals surface area contributed by atoms with Crippen LogP contribution in [0.1, 0.15) is 37.7 Å². The summed E-state index contributed by atoms with van der Waals surface area (Å²) in [7, 11) is 0. The zero-order valence-corrected chi connectivity index (χ0v) is 17.3. The smallest absolute Gasteiger partial charge is 0.279 e. The number of nitrogens with zero attached hydrogens (tertiary/aromatic N) is 1. The van der Waals surface area contributed by atoms with Crippen LogP contribution in [-0.2, 0) is 24.2 Å². The number of para-hydroxylation sites is 2. The predicted molar refractivity (Wildman–Crippen MR) is 116 cm³/mol. The molecule has 0 saturated carbocycles. The van der Waals surface area contributed by atoms with Gasteiger partial charge in [0.1, 0.15) is 6.54 Å². The quantitative estimate of drug-likeness (QED) is 0.548. The number of carbonyl (C=O) groups excluding carboxylic acids is 1. The lowest BCUT2D eigenvalue weighted by Crippen LogP contribution is -3.11. The minimum absolute atomic E-state index is 0.0272. The summed E-state index contributed by atoms with van der Waals surface area (Å²) in [5.74, 6) is 0.571. The summed E-state index contributed by atoms with van der Waals surface area (Å²) < 4.78 is 0. The number of aromatic amines is 1. The fourth-order valence-electron chi connectivity index (χ4n) is 3.58. The minimum Gasteiger partial charge on any atom is -0.321 e. The van der Waals surface area contributed by atoms with Crippen LogP contribution in [0.25, 0.3) is 10.9 Å². The number of benzene rings is 2. The van der Waals surface area contributed by atoms with E-state index >= 15 is 0 Å². The van der Waals surface area contributed by atoms with Gasteiger partial charge in [0.15, 0.2) is 12.4 Å². The van der Waals surface area contributed by atoms with Crippen LogP contribution in [0, 0.1) is 0 Å². The number of anilines is 1.